The van der Waals surface area contributed by atoms with Crippen molar-refractivity contribution in [1.82, 2.24) is 4.90 Å². The number of hydrogen-bond donors (Lipinski definition) is 1. The minimum atomic E-state index is -4.98. The SMILES string of the molecule is CCCN(CCC)Cc1c(O)ccc2c(=O)c(Oc3cc(C)cc(C)c3)c(C(F)(F)F)oc12. The Bertz CT molecular complexity index is 1170. The third-order valence-corrected chi connectivity index (χ3v) is 5.23. The molecule has 0 aliphatic carbocycles. The van der Waals surface area contributed by atoms with Crippen molar-refractivity contribution in [2.45, 2.75) is 53.3 Å². The van der Waals surface area contributed by atoms with E-state index in [1.807, 2.05) is 24.8 Å². The summed E-state index contributed by atoms with van der Waals surface area (Å²) in [5.74, 6) is -2.56. The molecule has 8 heteroatoms. The first-order valence-corrected chi connectivity index (χ1v) is 10.9. The summed E-state index contributed by atoms with van der Waals surface area (Å²) in [6.45, 7) is 9.07. The highest BCUT2D eigenvalue weighted by Crippen LogP contribution is 2.40. The molecule has 3 rings (SSSR count). The third kappa shape index (κ3) is 5.50. The first-order valence-electron chi connectivity index (χ1n) is 10.9. The highest BCUT2D eigenvalue weighted by molar-refractivity contribution is 5.83. The number of aryl methyl sites for hydroxylation is 2. The smallest absolute Gasteiger partial charge is 0.453 e. The molecule has 178 valence electrons. The number of phenols is 1. The van der Waals surface area contributed by atoms with Crippen molar-refractivity contribution in [3.63, 3.8) is 0 Å². The number of benzene rings is 2. The molecule has 3 aromatic rings. The van der Waals surface area contributed by atoms with Crippen LogP contribution in [0.25, 0.3) is 11.0 Å². The second-order valence-corrected chi connectivity index (χ2v) is 8.23. The van der Waals surface area contributed by atoms with Gasteiger partial charge < -0.3 is 14.3 Å². The van der Waals surface area contributed by atoms with E-state index >= 15 is 0 Å². The summed E-state index contributed by atoms with van der Waals surface area (Å²) in [6.07, 6.45) is -3.31. The number of hydrogen-bond acceptors (Lipinski definition) is 5. The fourth-order valence-electron chi connectivity index (χ4n) is 3.95. The Labute approximate surface area is 190 Å². The molecule has 1 aromatic heterocycles. The highest BCUT2D eigenvalue weighted by Gasteiger charge is 2.41. The van der Waals surface area contributed by atoms with Gasteiger partial charge in [-0.2, -0.15) is 13.2 Å². The van der Waals surface area contributed by atoms with Gasteiger partial charge >= 0.3 is 6.18 Å². The van der Waals surface area contributed by atoms with E-state index in [9.17, 15) is 23.1 Å². The minimum absolute atomic E-state index is 0.0804. The van der Waals surface area contributed by atoms with Gasteiger partial charge in [-0.05, 0) is 75.2 Å². The number of halogens is 3. The molecule has 0 saturated carbocycles. The summed E-state index contributed by atoms with van der Waals surface area (Å²) >= 11 is 0. The van der Waals surface area contributed by atoms with Crippen molar-refractivity contribution in [2.24, 2.45) is 0 Å². The fourth-order valence-corrected chi connectivity index (χ4v) is 3.95. The molecule has 2 aromatic carbocycles. The molecule has 0 amide bonds. The Morgan fingerprint density at radius 3 is 2.18 bits per heavy atom. The summed E-state index contributed by atoms with van der Waals surface area (Å²) < 4.78 is 52.7. The van der Waals surface area contributed by atoms with Crippen molar-refractivity contribution in [2.75, 3.05) is 13.1 Å². The van der Waals surface area contributed by atoms with Crippen molar-refractivity contribution in [3.8, 4) is 17.2 Å². The van der Waals surface area contributed by atoms with Gasteiger partial charge in [0.15, 0.2) is 0 Å². The van der Waals surface area contributed by atoms with Gasteiger partial charge in [-0.25, -0.2) is 0 Å². The molecule has 0 saturated heterocycles. The van der Waals surface area contributed by atoms with Crippen LogP contribution in [-0.2, 0) is 12.7 Å². The molecule has 0 radical (unpaired) electrons. The topological polar surface area (TPSA) is 62.9 Å². The standard InChI is InChI=1S/C25H28F3NO4/c1-5-9-29(10-6-2)14-19-20(30)8-7-18-21(31)23(24(25(26,27)28)33-22(18)19)32-17-12-15(3)11-16(4)13-17/h7-8,11-13,30H,5-6,9-10,14H2,1-4H3. The maximum Gasteiger partial charge on any atom is 0.453 e. The lowest BCUT2D eigenvalue weighted by Crippen LogP contribution is -2.25. The lowest BCUT2D eigenvalue weighted by Gasteiger charge is -2.22. The third-order valence-electron chi connectivity index (χ3n) is 5.23. The molecule has 0 fully saturated rings. The lowest BCUT2D eigenvalue weighted by molar-refractivity contribution is -0.154. The largest absolute Gasteiger partial charge is 0.507 e. The number of nitrogens with zero attached hydrogens (tertiary/aromatic N) is 1. The highest BCUT2D eigenvalue weighted by atomic mass is 19.4. The van der Waals surface area contributed by atoms with E-state index in [0.717, 1.165) is 24.0 Å². The average Bonchev–Trinajstić information content (AvgIpc) is 2.70. The van der Waals surface area contributed by atoms with E-state index in [0.29, 0.717) is 13.1 Å². The number of rotatable bonds is 8. The Balaban J connectivity index is 2.23. The minimum Gasteiger partial charge on any atom is -0.507 e. The quantitative estimate of drug-likeness (QED) is 0.411. The Morgan fingerprint density at radius 1 is 1.03 bits per heavy atom. The molecule has 1 N–H and O–H groups in total. The first kappa shape index (κ1) is 24.6. The van der Waals surface area contributed by atoms with Crippen LogP contribution in [-0.4, -0.2) is 23.1 Å². The molecule has 0 aliphatic heterocycles. The van der Waals surface area contributed by atoms with E-state index in [2.05, 4.69) is 0 Å². The predicted octanol–water partition coefficient (Wildman–Crippen LogP) is 6.55. The molecular formula is C25H28F3NO4. The van der Waals surface area contributed by atoms with E-state index in [1.54, 1.807) is 26.0 Å². The number of phenolic OH excluding ortho intramolecular Hbond substituents is 1. The summed E-state index contributed by atoms with van der Waals surface area (Å²) in [5, 5.41) is 10.4. The van der Waals surface area contributed by atoms with Crippen LogP contribution in [0.1, 0.15) is 49.1 Å². The zero-order valence-electron chi connectivity index (χ0n) is 19.2. The van der Waals surface area contributed by atoms with E-state index in [-0.39, 0.29) is 34.6 Å². The first-order chi connectivity index (χ1) is 15.5. The van der Waals surface area contributed by atoms with Crippen LogP contribution in [0.2, 0.25) is 0 Å². The van der Waals surface area contributed by atoms with Gasteiger partial charge in [0.05, 0.1) is 10.9 Å². The molecule has 0 spiro atoms. The maximum absolute atomic E-state index is 14.0. The van der Waals surface area contributed by atoms with Gasteiger partial charge in [0.2, 0.25) is 11.2 Å². The van der Waals surface area contributed by atoms with E-state index < -0.39 is 23.1 Å². The normalized spacial score (nSPS) is 12.0. The van der Waals surface area contributed by atoms with Crippen LogP contribution in [0, 0.1) is 13.8 Å². The summed E-state index contributed by atoms with van der Waals surface area (Å²) in [5.41, 5.74) is 0.486. The van der Waals surface area contributed by atoms with Gasteiger partial charge in [-0.1, -0.05) is 19.9 Å². The van der Waals surface area contributed by atoms with Crippen LogP contribution in [0.3, 0.4) is 0 Å². The van der Waals surface area contributed by atoms with Gasteiger partial charge in [0, 0.05) is 6.54 Å². The Hall–Kier alpha value is -3.00. The molecule has 0 unspecified atom stereocenters. The number of ether oxygens (including phenoxy) is 1. The molecule has 1 heterocycles. The van der Waals surface area contributed by atoms with Crippen molar-refractivity contribution >= 4 is 11.0 Å². The van der Waals surface area contributed by atoms with Crippen molar-refractivity contribution < 1.29 is 27.4 Å². The van der Waals surface area contributed by atoms with Gasteiger partial charge in [-0.3, -0.25) is 9.69 Å². The fraction of sp³-hybridized carbons (Fsp3) is 0.400. The second-order valence-electron chi connectivity index (χ2n) is 8.23. The molecule has 0 bridgehead atoms. The molecule has 5 nitrogen and oxygen atoms in total. The zero-order chi connectivity index (χ0) is 24.3. The Kier molecular flexibility index (Phi) is 7.37. The summed E-state index contributed by atoms with van der Waals surface area (Å²) in [7, 11) is 0. The van der Waals surface area contributed by atoms with Crippen LogP contribution in [0.15, 0.2) is 39.5 Å². The Morgan fingerprint density at radius 2 is 1.64 bits per heavy atom. The predicted molar refractivity (Wildman–Crippen MR) is 121 cm³/mol. The summed E-state index contributed by atoms with van der Waals surface area (Å²) in [4.78, 5) is 15.2. The van der Waals surface area contributed by atoms with Gasteiger partial charge in [0.1, 0.15) is 17.1 Å². The van der Waals surface area contributed by atoms with Gasteiger partial charge in [-0.15, -0.1) is 0 Å². The number of fused-ring (bicyclic) bond motifs is 1. The monoisotopic (exact) mass is 463 g/mol. The van der Waals surface area contributed by atoms with Crippen LogP contribution >= 0.6 is 0 Å². The molecular weight excluding hydrogens is 435 g/mol. The lowest BCUT2D eigenvalue weighted by atomic mass is 10.1. The average molecular weight is 463 g/mol. The van der Waals surface area contributed by atoms with Crippen LogP contribution in [0.5, 0.6) is 17.2 Å². The van der Waals surface area contributed by atoms with Gasteiger partial charge in [0.25, 0.3) is 5.76 Å². The molecule has 0 aliphatic rings. The van der Waals surface area contributed by atoms with Crippen LogP contribution < -0.4 is 10.2 Å². The molecule has 33 heavy (non-hydrogen) atoms. The second kappa shape index (κ2) is 9.87. The number of aromatic hydroxyl groups is 1. The van der Waals surface area contributed by atoms with Crippen LogP contribution in [0.4, 0.5) is 13.2 Å². The van der Waals surface area contributed by atoms with E-state index in [1.165, 1.54) is 12.1 Å². The van der Waals surface area contributed by atoms with Crippen molar-refractivity contribution in [1.29, 1.82) is 0 Å². The maximum atomic E-state index is 14.0. The zero-order valence-corrected chi connectivity index (χ0v) is 19.2. The number of alkyl halides is 3. The van der Waals surface area contributed by atoms with Crippen molar-refractivity contribution in [3.05, 3.63) is 63.0 Å². The molecule has 0 atom stereocenters. The van der Waals surface area contributed by atoms with E-state index in [4.69, 9.17) is 9.15 Å². The summed E-state index contributed by atoms with van der Waals surface area (Å²) in [6, 6.07) is 7.50.